The van der Waals surface area contributed by atoms with E-state index >= 15 is 0 Å². The first-order valence-electron chi connectivity index (χ1n) is 7.18. The third-order valence-electron chi connectivity index (χ3n) is 3.79. The lowest BCUT2D eigenvalue weighted by atomic mass is 9.94. The lowest BCUT2D eigenvalue weighted by molar-refractivity contribution is -0.119. The van der Waals surface area contributed by atoms with Crippen LogP contribution in [-0.4, -0.2) is 17.1 Å². The van der Waals surface area contributed by atoms with Crippen molar-refractivity contribution < 1.29 is 4.79 Å². The Kier molecular flexibility index (Phi) is 3.18. The monoisotopic (exact) mass is 310 g/mol. The van der Waals surface area contributed by atoms with E-state index in [4.69, 9.17) is 0 Å². The molecule has 0 fully saturated rings. The van der Waals surface area contributed by atoms with Gasteiger partial charge in [-0.2, -0.15) is 0 Å². The van der Waals surface area contributed by atoms with E-state index in [9.17, 15) is 4.79 Å². The Balaban J connectivity index is 1.72. The van der Waals surface area contributed by atoms with Crippen molar-refractivity contribution >= 4 is 29.1 Å². The first-order valence-corrected chi connectivity index (χ1v) is 8.06. The second-order valence-electron chi connectivity index (χ2n) is 5.32. The zero-order valence-electron chi connectivity index (χ0n) is 12.0. The average Bonchev–Trinajstić information content (AvgIpc) is 3.10. The maximum absolute atomic E-state index is 11.2. The molecule has 1 N–H and O–H groups in total. The van der Waals surface area contributed by atoms with Gasteiger partial charge in [0.05, 0.1) is 16.3 Å². The Hall–Kier alpha value is -2.21. The van der Waals surface area contributed by atoms with Crippen LogP contribution in [0.4, 0.5) is 0 Å². The third-order valence-corrected chi connectivity index (χ3v) is 4.90. The topological polar surface area (TPSA) is 66.2 Å². The summed E-state index contributed by atoms with van der Waals surface area (Å²) in [5.74, 6) is -0.0696. The highest BCUT2D eigenvalue weighted by molar-refractivity contribution is 8.05. The number of carbonyl (C=O) groups is 1. The predicted molar refractivity (Wildman–Crippen MR) is 87.1 cm³/mol. The number of nitrogens with zero attached hydrogens (tertiary/aromatic N) is 3. The fourth-order valence-corrected chi connectivity index (χ4v) is 4.03. The molecule has 2 heterocycles. The molecule has 2 aliphatic heterocycles. The van der Waals surface area contributed by atoms with Crippen LogP contribution in [0.2, 0.25) is 0 Å². The maximum Gasteiger partial charge on any atom is 0.219 e. The molecule has 22 heavy (non-hydrogen) atoms. The highest BCUT2D eigenvalue weighted by atomic mass is 32.2. The van der Waals surface area contributed by atoms with Gasteiger partial charge in [0.1, 0.15) is 5.70 Å². The number of allylic oxidation sites excluding steroid dienone is 2. The fourth-order valence-electron chi connectivity index (χ4n) is 2.84. The number of benzene rings is 1. The van der Waals surface area contributed by atoms with Gasteiger partial charge in [-0.15, -0.1) is 10.2 Å². The van der Waals surface area contributed by atoms with Crippen LogP contribution < -0.4 is 5.32 Å². The molecule has 0 radical (unpaired) electrons. The first-order chi connectivity index (χ1) is 10.7. The summed E-state index contributed by atoms with van der Waals surface area (Å²) < 4.78 is 0. The van der Waals surface area contributed by atoms with Gasteiger partial charge < -0.3 is 5.32 Å². The summed E-state index contributed by atoms with van der Waals surface area (Å²) in [6.45, 7) is 1.51. The van der Waals surface area contributed by atoms with Gasteiger partial charge >= 0.3 is 0 Å². The number of hydrogen-bond donors (Lipinski definition) is 1. The van der Waals surface area contributed by atoms with E-state index < -0.39 is 0 Å². The number of nitrogens with one attached hydrogen (secondary N) is 1. The molecular formula is C16H14N4OS. The van der Waals surface area contributed by atoms with Crippen LogP contribution in [0.15, 0.2) is 61.7 Å². The van der Waals surface area contributed by atoms with Crippen molar-refractivity contribution in [2.45, 2.75) is 25.3 Å². The third kappa shape index (κ3) is 2.20. The van der Waals surface area contributed by atoms with Gasteiger partial charge in [0.25, 0.3) is 0 Å². The lowest BCUT2D eigenvalue weighted by Crippen LogP contribution is -2.27. The molecule has 1 aromatic rings. The lowest BCUT2D eigenvalue weighted by Gasteiger charge is -2.15. The molecule has 0 saturated carbocycles. The summed E-state index contributed by atoms with van der Waals surface area (Å²) in [5, 5.41) is 11.6. The van der Waals surface area contributed by atoms with Crippen LogP contribution >= 0.6 is 11.8 Å². The van der Waals surface area contributed by atoms with Crippen molar-refractivity contribution in [2.75, 3.05) is 0 Å². The summed E-state index contributed by atoms with van der Waals surface area (Å²) in [5.41, 5.74) is 4.99. The van der Waals surface area contributed by atoms with E-state index in [2.05, 4.69) is 32.7 Å². The minimum absolute atomic E-state index is 0.0696. The number of rotatable bonds is 2. The molecule has 1 atom stereocenters. The number of thioether (sulfide) groups is 1. The molecule has 4 rings (SSSR count). The summed E-state index contributed by atoms with van der Waals surface area (Å²) in [7, 11) is 0. The van der Waals surface area contributed by atoms with Gasteiger partial charge in [-0.3, -0.25) is 9.79 Å². The van der Waals surface area contributed by atoms with Gasteiger partial charge in [0, 0.05) is 18.1 Å². The van der Waals surface area contributed by atoms with Crippen LogP contribution in [-0.2, 0) is 4.79 Å². The average molecular weight is 310 g/mol. The van der Waals surface area contributed by atoms with Crippen molar-refractivity contribution in [3.63, 3.8) is 0 Å². The van der Waals surface area contributed by atoms with E-state index in [1.54, 1.807) is 11.8 Å². The van der Waals surface area contributed by atoms with E-state index in [0.29, 0.717) is 0 Å². The van der Waals surface area contributed by atoms with Gasteiger partial charge in [0.2, 0.25) is 5.91 Å². The molecule has 1 aliphatic carbocycles. The van der Waals surface area contributed by atoms with Crippen molar-refractivity contribution in [1.82, 2.24) is 5.32 Å². The summed E-state index contributed by atoms with van der Waals surface area (Å²) in [6.07, 6.45) is 1.76. The second-order valence-corrected chi connectivity index (χ2v) is 6.41. The van der Waals surface area contributed by atoms with Crippen molar-refractivity contribution in [3.05, 3.63) is 52.1 Å². The number of aliphatic imine (C=N–C) groups is 1. The van der Waals surface area contributed by atoms with E-state index in [-0.39, 0.29) is 11.4 Å². The molecule has 110 valence electrons. The Morgan fingerprint density at radius 2 is 1.95 bits per heavy atom. The number of azo groups is 1. The van der Waals surface area contributed by atoms with E-state index in [0.717, 1.165) is 40.4 Å². The van der Waals surface area contributed by atoms with Gasteiger partial charge in [0.15, 0.2) is 5.50 Å². The van der Waals surface area contributed by atoms with Crippen LogP contribution in [0, 0.1) is 0 Å². The second kappa shape index (κ2) is 5.21. The summed E-state index contributed by atoms with van der Waals surface area (Å²) >= 11 is 1.55. The van der Waals surface area contributed by atoms with Crippen molar-refractivity contribution in [1.29, 1.82) is 0 Å². The van der Waals surface area contributed by atoms with Crippen LogP contribution in [0.25, 0.3) is 5.70 Å². The molecule has 1 amide bonds. The van der Waals surface area contributed by atoms with Gasteiger partial charge in [-0.05, 0) is 12.8 Å². The quantitative estimate of drug-likeness (QED) is 0.909. The van der Waals surface area contributed by atoms with Crippen molar-refractivity contribution in [2.24, 2.45) is 15.2 Å². The zero-order valence-corrected chi connectivity index (χ0v) is 12.9. The molecular weight excluding hydrogens is 296 g/mol. The fraction of sp³-hybridized carbons (Fsp3) is 0.250. The summed E-state index contributed by atoms with van der Waals surface area (Å²) in [4.78, 5) is 16.8. The smallest absolute Gasteiger partial charge is 0.219 e. The van der Waals surface area contributed by atoms with Crippen LogP contribution in [0.3, 0.4) is 0 Å². The normalized spacial score (nSPS) is 22.6. The molecule has 0 aromatic heterocycles. The van der Waals surface area contributed by atoms with Gasteiger partial charge in [-0.25, -0.2) is 0 Å². The van der Waals surface area contributed by atoms with Gasteiger partial charge in [-0.1, -0.05) is 42.1 Å². The van der Waals surface area contributed by atoms with E-state index in [1.807, 2.05) is 18.2 Å². The maximum atomic E-state index is 11.2. The highest BCUT2D eigenvalue weighted by Crippen LogP contribution is 2.46. The van der Waals surface area contributed by atoms with Crippen molar-refractivity contribution in [3.8, 4) is 0 Å². The number of amides is 1. The SMILES string of the molecule is CC(=O)NC1N=C2CCC3=C(c4ccccc4)N=NC3=C2S1. The minimum Gasteiger partial charge on any atom is -0.326 e. The molecule has 1 aromatic carbocycles. The van der Waals surface area contributed by atoms with Crippen LogP contribution in [0.1, 0.15) is 25.3 Å². The largest absolute Gasteiger partial charge is 0.326 e. The molecule has 6 heteroatoms. The van der Waals surface area contributed by atoms with Crippen LogP contribution in [0.5, 0.6) is 0 Å². The zero-order chi connectivity index (χ0) is 15.1. The molecule has 0 saturated heterocycles. The molecule has 0 spiro atoms. The first kappa shape index (κ1) is 13.5. The molecule has 3 aliphatic rings. The molecule has 1 unspecified atom stereocenters. The number of fused-ring (bicyclic) bond motifs is 2. The number of carbonyl (C=O) groups excluding carboxylic acids is 1. The Labute approximate surface area is 132 Å². The predicted octanol–water partition coefficient (Wildman–Crippen LogP) is 3.48. The molecule has 0 bridgehead atoms. The summed E-state index contributed by atoms with van der Waals surface area (Å²) in [6, 6.07) is 10.1. The standard InChI is InChI=1S/C16H14N4OS/c1-9(21)17-16-18-12-8-7-11-13(10-5-3-2-4-6-10)19-20-14(11)15(12)22-16/h2-6,16H,7-8H2,1H3,(H,17,21). The molecule has 5 nitrogen and oxygen atoms in total. The van der Waals surface area contributed by atoms with E-state index in [1.165, 1.54) is 12.5 Å². The Morgan fingerprint density at radius 3 is 2.73 bits per heavy atom. The minimum atomic E-state index is -0.231. The number of hydrogen-bond acceptors (Lipinski definition) is 5. The highest BCUT2D eigenvalue weighted by Gasteiger charge is 2.35. The Morgan fingerprint density at radius 1 is 1.18 bits per heavy atom. The Bertz CT molecular complexity index is 777.